The Bertz CT molecular complexity index is 1230. The summed E-state index contributed by atoms with van der Waals surface area (Å²) in [4.78, 5) is 12.9. The first kappa shape index (κ1) is 28.0. The third-order valence-electron chi connectivity index (χ3n) is 5.29. The molecule has 0 aromatic heterocycles. The molecule has 0 heterocycles. The number of carbonyl (C=O) groups is 1. The van der Waals surface area contributed by atoms with Crippen LogP contribution in [0.2, 0.25) is 0 Å². The minimum absolute atomic E-state index is 0.0539. The van der Waals surface area contributed by atoms with Gasteiger partial charge in [0, 0.05) is 0 Å². The molecule has 0 aliphatic carbocycles. The van der Waals surface area contributed by atoms with Crippen LogP contribution in [0.3, 0.4) is 0 Å². The molecule has 0 spiro atoms. The fourth-order valence-corrected chi connectivity index (χ4v) is 8.48. The highest BCUT2D eigenvalue weighted by atomic mass is 31.2. The molecule has 0 unspecified atom stereocenters. The summed E-state index contributed by atoms with van der Waals surface area (Å²) >= 11 is 0. The lowest BCUT2D eigenvalue weighted by Crippen LogP contribution is -2.26. The van der Waals surface area contributed by atoms with Crippen molar-refractivity contribution < 1.29 is 36.8 Å². The van der Waals surface area contributed by atoms with Crippen LogP contribution in [0.25, 0.3) is 0 Å². The Balaban J connectivity index is 1.87. The molecule has 10 heteroatoms. The summed E-state index contributed by atoms with van der Waals surface area (Å²) in [7, 11) is -9.12. The van der Waals surface area contributed by atoms with Gasteiger partial charge in [-0.25, -0.2) is 9.13 Å². The molecule has 0 aliphatic rings. The van der Waals surface area contributed by atoms with E-state index in [0.29, 0.717) is 0 Å². The summed E-state index contributed by atoms with van der Waals surface area (Å²) in [5, 5.41) is -1.72. The van der Waals surface area contributed by atoms with Gasteiger partial charge in [0.1, 0.15) is 23.0 Å². The summed E-state index contributed by atoms with van der Waals surface area (Å²) in [6.45, 7) is 1.69. The number of hydrogen-bond donors (Lipinski definition) is 0. The van der Waals surface area contributed by atoms with Gasteiger partial charge in [-0.3, -0.25) is 4.79 Å². The van der Waals surface area contributed by atoms with E-state index in [2.05, 4.69) is 0 Å². The molecule has 0 atom stereocenters. The van der Waals surface area contributed by atoms with E-state index in [1.54, 1.807) is 128 Å². The van der Waals surface area contributed by atoms with E-state index in [1.165, 1.54) is 0 Å². The van der Waals surface area contributed by atoms with Gasteiger partial charge in [-0.1, -0.05) is 72.8 Å². The fraction of sp³-hybridized carbons (Fsp3) is 0.138. The standard InChI is InChI=1S/C29H28O8P2/c1-2-33-28(30)23-29(38(31,34-24-15-7-3-8-16-24)35-25-17-9-4-10-18-25)39(32,36-26-19-11-5-12-20-26)37-27-21-13-6-14-22-27/h3-22,29H,2,23H2,1H3. The van der Waals surface area contributed by atoms with Crippen molar-refractivity contribution in [1.82, 2.24) is 0 Å². The lowest BCUT2D eigenvalue weighted by Gasteiger charge is -2.31. The van der Waals surface area contributed by atoms with Crippen molar-refractivity contribution in [2.75, 3.05) is 6.61 Å². The highest BCUT2D eigenvalue weighted by Gasteiger charge is 2.57. The van der Waals surface area contributed by atoms with Crippen LogP contribution in [-0.4, -0.2) is 18.0 Å². The molecule has 39 heavy (non-hydrogen) atoms. The van der Waals surface area contributed by atoms with Crippen LogP contribution < -0.4 is 18.1 Å². The Morgan fingerprint density at radius 2 is 0.846 bits per heavy atom. The summed E-state index contributed by atoms with van der Waals surface area (Å²) in [5.74, 6) is -0.0639. The van der Waals surface area contributed by atoms with Crippen molar-refractivity contribution in [1.29, 1.82) is 0 Å². The second-order valence-corrected chi connectivity index (χ2v) is 12.7. The van der Waals surface area contributed by atoms with Crippen LogP contribution in [0.1, 0.15) is 13.3 Å². The predicted octanol–water partition coefficient (Wildman–Crippen LogP) is 7.97. The maximum absolute atomic E-state index is 14.8. The van der Waals surface area contributed by atoms with E-state index < -0.39 is 33.0 Å². The maximum atomic E-state index is 14.8. The van der Waals surface area contributed by atoms with E-state index in [-0.39, 0.29) is 29.6 Å². The van der Waals surface area contributed by atoms with E-state index in [1.807, 2.05) is 0 Å². The molecule has 0 saturated carbocycles. The Hall–Kier alpha value is -3.99. The van der Waals surface area contributed by atoms with Crippen molar-refractivity contribution >= 4 is 21.2 Å². The number of para-hydroxylation sites is 4. The van der Waals surface area contributed by atoms with E-state index in [0.717, 1.165) is 0 Å². The van der Waals surface area contributed by atoms with Crippen LogP contribution in [0.15, 0.2) is 121 Å². The second-order valence-electron chi connectivity index (χ2n) is 8.19. The molecule has 202 valence electrons. The van der Waals surface area contributed by atoms with Crippen LogP contribution >= 0.6 is 15.2 Å². The van der Waals surface area contributed by atoms with Crippen molar-refractivity contribution in [3.05, 3.63) is 121 Å². The molecular weight excluding hydrogens is 538 g/mol. The zero-order valence-corrected chi connectivity index (χ0v) is 23.0. The third-order valence-corrected chi connectivity index (χ3v) is 10.7. The van der Waals surface area contributed by atoms with Crippen LogP contribution in [-0.2, 0) is 18.7 Å². The molecule has 0 amide bonds. The maximum Gasteiger partial charge on any atom is 0.448 e. The van der Waals surface area contributed by atoms with Gasteiger partial charge < -0.3 is 22.8 Å². The molecule has 0 fully saturated rings. The Morgan fingerprint density at radius 1 is 0.564 bits per heavy atom. The molecule has 0 saturated heterocycles. The normalized spacial score (nSPS) is 11.4. The highest BCUT2D eigenvalue weighted by Crippen LogP contribution is 2.70. The predicted molar refractivity (Wildman–Crippen MR) is 149 cm³/mol. The fourth-order valence-electron chi connectivity index (χ4n) is 3.56. The first-order chi connectivity index (χ1) is 18.9. The average molecular weight is 566 g/mol. The van der Waals surface area contributed by atoms with Gasteiger partial charge in [-0.2, -0.15) is 0 Å². The minimum Gasteiger partial charge on any atom is -0.466 e. The Labute approximate surface area is 227 Å². The number of ether oxygens (including phenoxy) is 1. The Morgan fingerprint density at radius 3 is 1.10 bits per heavy atom. The van der Waals surface area contributed by atoms with Gasteiger partial charge in [-0.15, -0.1) is 0 Å². The molecule has 4 aromatic carbocycles. The quantitative estimate of drug-likeness (QED) is 0.119. The summed E-state index contributed by atoms with van der Waals surface area (Å²) in [5.41, 5.74) is 0. The molecule has 0 radical (unpaired) electrons. The van der Waals surface area contributed by atoms with Crippen LogP contribution in [0.5, 0.6) is 23.0 Å². The number of benzene rings is 4. The van der Waals surface area contributed by atoms with Gasteiger partial charge in [0.15, 0.2) is 0 Å². The lowest BCUT2D eigenvalue weighted by molar-refractivity contribution is -0.142. The van der Waals surface area contributed by atoms with Crippen molar-refractivity contribution in [2.45, 2.75) is 18.7 Å². The van der Waals surface area contributed by atoms with Gasteiger partial charge in [0.2, 0.25) is 5.40 Å². The third kappa shape index (κ3) is 7.76. The number of rotatable bonds is 13. The SMILES string of the molecule is CCOC(=O)CC(P(=O)(Oc1ccccc1)Oc1ccccc1)P(=O)(Oc1ccccc1)Oc1ccccc1. The monoisotopic (exact) mass is 566 g/mol. The molecule has 4 rings (SSSR count). The number of carbonyl (C=O) groups excluding carboxylic acids is 1. The Kier molecular flexibility index (Phi) is 9.48. The zero-order valence-electron chi connectivity index (χ0n) is 21.2. The van der Waals surface area contributed by atoms with Crippen molar-refractivity contribution in [3.63, 3.8) is 0 Å². The first-order valence-corrected chi connectivity index (χ1v) is 15.5. The summed E-state index contributed by atoms with van der Waals surface area (Å²) < 4.78 is 58.7. The lowest BCUT2D eigenvalue weighted by atomic mass is 10.3. The van der Waals surface area contributed by atoms with Gasteiger partial charge in [0.05, 0.1) is 13.0 Å². The second kappa shape index (κ2) is 13.2. The molecule has 0 aliphatic heterocycles. The summed E-state index contributed by atoms with van der Waals surface area (Å²) in [6, 6.07) is 33.1. The molecule has 8 nitrogen and oxygen atoms in total. The molecular formula is C29H28O8P2. The van der Waals surface area contributed by atoms with Crippen molar-refractivity contribution in [3.8, 4) is 23.0 Å². The van der Waals surface area contributed by atoms with E-state index in [4.69, 9.17) is 22.8 Å². The molecule has 0 N–H and O–H groups in total. The van der Waals surface area contributed by atoms with Crippen LogP contribution in [0, 0.1) is 0 Å². The molecule has 4 aromatic rings. The number of hydrogen-bond acceptors (Lipinski definition) is 8. The summed E-state index contributed by atoms with van der Waals surface area (Å²) in [6.07, 6.45) is -0.637. The van der Waals surface area contributed by atoms with E-state index >= 15 is 0 Å². The van der Waals surface area contributed by atoms with Gasteiger partial charge >= 0.3 is 21.2 Å². The van der Waals surface area contributed by atoms with Crippen LogP contribution in [0.4, 0.5) is 0 Å². The topological polar surface area (TPSA) is 97.4 Å². The smallest absolute Gasteiger partial charge is 0.448 e. The highest BCUT2D eigenvalue weighted by molar-refractivity contribution is 7.73. The van der Waals surface area contributed by atoms with Crippen molar-refractivity contribution in [2.24, 2.45) is 0 Å². The zero-order chi connectivity index (χ0) is 27.6. The average Bonchev–Trinajstić information content (AvgIpc) is 2.94. The number of esters is 1. The van der Waals surface area contributed by atoms with E-state index in [9.17, 15) is 13.9 Å². The van der Waals surface area contributed by atoms with Gasteiger partial charge in [-0.05, 0) is 55.5 Å². The first-order valence-electron chi connectivity index (χ1n) is 12.2. The molecule has 0 bridgehead atoms. The minimum atomic E-state index is -4.56. The largest absolute Gasteiger partial charge is 0.466 e. The van der Waals surface area contributed by atoms with Gasteiger partial charge in [0.25, 0.3) is 0 Å².